The predicted octanol–water partition coefficient (Wildman–Crippen LogP) is 3.93. The highest BCUT2D eigenvalue weighted by Gasteiger charge is 2.14. The van der Waals surface area contributed by atoms with Crippen LogP contribution in [0.5, 0.6) is 5.75 Å². The van der Waals surface area contributed by atoms with Gasteiger partial charge in [0.15, 0.2) is 0 Å². The first-order chi connectivity index (χ1) is 13.7. The maximum absolute atomic E-state index is 12.6. The van der Waals surface area contributed by atoms with Gasteiger partial charge in [0.05, 0.1) is 19.8 Å². The van der Waals surface area contributed by atoms with Gasteiger partial charge in [-0.2, -0.15) is 0 Å². The molecule has 0 aliphatic carbocycles. The van der Waals surface area contributed by atoms with Gasteiger partial charge in [-0.25, -0.2) is 4.39 Å². The highest BCUT2D eigenvalue weighted by molar-refractivity contribution is 5.27. The van der Waals surface area contributed by atoms with E-state index in [9.17, 15) is 4.39 Å². The van der Waals surface area contributed by atoms with Gasteiger partial charge in [0.2, 0.25) is 0 Å². The summed E-state index contributed by atoms with van der Waals surface area (Å²) in [5.41, 5.74) is 2.58. The summed E-state index contributed by atoms with van der Waals surface area (Å²) in [6.45, 7) is 5.76. The first kappa shape index (κ1) is 22.3. The van der Waals surface area contributed by atoms with E-state index in [0.717, 1.165) is 25.3 Å². The van der Waals surface area contributed by atoms with Crippen molar-refractivity contribution in [1.29, 1.82) is 0 Å². The molecular weight excluding hydrogens is 357 g/mol. The van der Waals surface area contributed by atoms with Crippen LogP contribution in [0, 0.1) is 5.82 Å². The third-order valence-corrected chi connectivity index (χ3v) is 4.74. The Kier molecular flexibility index (Phi) is 10.6. The number of nitrogens with one attached hydrogen (secondary N) is 1. The van der Waals surface area contributed by atoms with E-state index in [4.69, 9.17) is 14.6 Å². The molecule has 0 bridgehead atoms. The zero-order valence-corrected chi connectivity index (χ0v) is 16.7. The van der Waals surface area contributed by atoms with Crippen LogP contribution in [0.3, 0.4) is 0 Å². The van der Waals surface area contributed by atoms with E-state index < -0.39 is 0 Å². The largest absolute Gasteiger partial charge is 0.491 e. The summed E-state index contributed by atoms with van der Waals surface area (Å²) in [5.74, 6) is 1.35. The van der Waals surface area contributed by atoms with E-state index in [1.54, 1.807) is 12.1 Å². The van der Waals surface area contributed by atoms with Crippen molar-refractivity contribution in [2.75, 3.05) is 39.5 Å². The first-order valence-corrected chi connectivity index (χ1v) is 10.1. The quantitative estimate of drug-likeness (QED) is 0.672. The lowest BCUT2D eigenvalue weighted by molar-refractivity contribution is 0.0705. The van der Waals surface area contributed by atoms with Crippen molar-refractivity contribution in [3.63, 3.8) is 0 Å². The lowest BCUT2D eigenvalue weighted by atomic mass is 9.90. The maximum Gasteiger partial charge on any atom is 0.123 e. The number of rotatable bonds is 8. The van der Waals surface area contributed by atoms with Crippen LogP contribution in [0.4, 0.5) is 4.39 Å². The Morgan fingerprint density at radius 1 is 0.964 bits per heavy atom. The molecular formula is C23H32FNO3. The molecule has 2 N–H and O–H groups in total. The summed E-state index contributed by atoms with van der Waals surface area (Å²) in [4.78, 5) is 0. The molecule has 1 saturated heterocycles. The molecule has 3 rings (SSSR count). The summed E-state index contributed by atoms with van der Waals surface area (Å²) in [5, 5.41) is 11.8. The molecule has 2 aromatic carbocycles. The lowest BCUT2D eigenvalue weighted by Crippen LogP contribution is -2.26. The van der Waals surface area contributed by atoms with Gasteiger partial charge in [0.25, 0.3) is 0 Å². The zero-order valence-electron chi connectivity index (χ0n) is 16.7. The van der Waals surface area contributed by atoms with Crippen molar-refractivity contribution in [3.05, 3.63) is 65.5 Å². The molecule has 0 radical (unpaired) electrons. The molecule has 0 atom stereocenters. The number of halogens is 1. The molecule has 5 heteroatoms. The highest BCUT2D eigenvalue weighted by atomic mass is 19.1. The van der Waals surface area contributed by atoms with Crippen molar-refractivity contribution in [1.82, 2.24) is 5.32 Å². The number of hydrogen-bond acceptors (Lipinski definition) is 4. The van der Waals surface area contributed by atoms with Gasteiger partial charge >= 0.3 is 0 Å². The molecule has 1 aliphatic rings. The minimum Gasteiger partial charge on any atom is -0.491 e. The number of hydrogen-bond donors (Lipinski definition) is 2. The highest BCUT2D eigenvalue weighted by Crippen LogP contribution is 2.24. The van der Waals surface area contributed by atoms with E-state index in [-0.39, 0.29) is 12.4 Å². The third-order valence-electron chi connectivity index (χ3n) is 4.74. The van der Waals surface area contributed by atoms with Crippen LogP contribution < -0.4 is 10.1 Å². The fourth-order valence-corrected chi connectivity index (χ4v) is 3.10. The van der Waals surface area contributed by atoms with Gasteiger partial charge in [-0.05, 0) is 73.7 Å². The van der Waals surface area contributed by atoms with Gasteiger partial charge in [0.1, 0.15) is 18.2 Å². The SMILES string of the molecule is CCc1ccc(OCCOCCO)cc1.Fc1ccc(C2CCNCC2)cc1. The Balaban J connectivity index is 0.000000202. The maximum atomic E-state index is 12.6. The van der Waals surface area contributed by atoms with Crippen LogP contribution >= 0.6 is 0 Å². The van der Waals surface area contributed by atoms with Gasteiger partial charge in [-0.3, -0.25) is 0 Å². The standard InChI is InChI=1S/C12H18O3.C11H14FN/c1-2-11-3-5-12(6-4-11)15-10-9-14-8-7-13;12-11-3-1-9(2-4-11)10-5-7-13-8-6-10/h3-6,13H,2,7-10H2,1H3;1-4,10,13H,5-8H2. The lowest BCUT2D eigenvalue weighted by Gasteiger charge is -2.22. The number of benzene rings is 2. The summed E-state index contributed by atoms with van der Waals surface area (Å²) < 4.78 is 23.2. The first-order valence-electron chi connectivity index (χ1n) is 10.1. The van der Waals surface area contributed by atoms with Crippen LogP contribution in [0.15, 0.2) is 48.5 Å². The van der Waals surface area contributed by atoms with Crippen LogP contribution in [0.1, 0.15) is 36.8 Å². The number of aliphatic hydroxyl groups excluding tert-OH is 1. The molecule has 1 aliphatic heterocycles. The smallest absolute Gasteiger partial charge is 0.123 e. The van der Waals surface area contributed by atoms with Crippen molar-refractivity contribution in [2.24, 2.45) is 0 Å². The second kappa shape index (κ2) is 13.3. The van der Waals surface area contributed by atoms with E-state index >= 15 is 0 Å². The molecule has 2 aromatic rings. The van der Waals surface area contributed by atoms with Crippen molar-refractivity contribution in [2.45, 2.75) is 32.1 Å². The zero-order chi connectivity index (χ0) is 20.0. The molecule has 1 heterocycles. The van der Waals surface area contributed by atoms with Crippen LogP contribution in [0.25, 0.3) is 0 Å². The normalized spacial score (nSPS) is 14.2. The Hall–Kier alpha value is -1.95. The van der Waals surface area contributed by atoms with Crippen molar-refractivity contribution < 1.29 is 19.0 Å². The Morgan fingerprint density at radius 3 is 2.25 bits per heavy atom. The summed E-state index contributed by atoms with van der Waals surface area (Å²) >= 11 is 0. The Bertz CT molecular complexity index is 640. The number of piperidine rings is 1. The molecule has 0 spiro atoms. The predicted molar refractivity (Wildman–Crippen MR) is 110 cm³/mol. The molecule has 1 fully saturated rings. The van der Waals surface area contributed by atoms with E-state index in [2.05, 4.69) is 24.4 Å². The van der Waals surface area contributed by atoms with Crippen LogP contribution in [0.2, 0.25) is 0 Å². The fraction of sp³-hybridized carbons (Fsp3) is 0.478. The fourth-order valence-electron chi connectivity index (χ4n) is 3.10. The topological polar surface area (TPSA) is 50.7 Å². The second-order valence-electron chi connectivity index (χ2n) is 6.76. The van der Waals surface area contributed by atoms with Gasteiger partial charge < -0.3 is 19.9 Å². The monoisotopic (exact) mass is 389 g/mol. The Labute approximate surface area is 167 Å². The molecule has 0 amide bonds. The minimum absolute atomic E-state index is 0.0607. The average Bonchev–Trinajstić information content (AvgIpc) is 2.76. The van der Waals surface area contributed by atoms with Crippen molar-refractivity contribution in [3.8, 4) is 5.75 Å². The van der Waals surface area contributed by atoms with Crippen LogP contribution in [-0.4, -0.2) is 44.6 Å². The van der Waals surface area contributed by atoms with Crippen molar-refractivity contribution >= 4 is 0 Å². The van der Waals surface area contributed by atoms with Crippen LogP contribution in [-0.2, 0) is 11.2 Å². The molecule has 0 unspecified atom stereocenters. The molecule has 0 aromatic heterocycles. The average molecular weight is 390 g/mol. The van der Waals surface area contributed by atoms with E-state index in [1.807, 2.05) is 24.3 Å². The molecule has 154 valence electrons. The van der Waals surface area contributed by atoms with E-state index in [0.29, 0.717) is 25.7 Å². The van der Waals surface area contributed by atoms with E-state index in [1.165, 1.54) is 24.0 Å². The third kappa shape index (κ3) is 8.38. The summed E-state index contributed by atoms with van der Waals surface area (Å²) in [6, 6.07) is 15.0. The molecule has 4 nitrogen and oxygen atoms in total. The van der Waals surface area contributed by atoms with Gasteiger partial charge in [0, 0.05) is 0 Å². The summed E-state index contributed by atoms with van der Waals surface area (Å²) in [6.07, 6.45) is 3.39. The minimum atomic E-state index is -0.141. The van der Waals surface area contributed by atoms with Gasteiger partial charge in [-0.1, -0.05) is 31.2 Å². The second-order valence-corrected chi connectivity index (χ2v) is 6.76. The van der Waals surface area contributed by atoms with Gasteiger partial charge in [-0.15, -0.1) is 0 Å². The number of aryl methyl sites for hydroxylation is 1. The molecule has 0 saturated carbocycles. The summed E-state index contributed by atoms with van der Waals surface area (Å²) in [7, 11) is 0. The number of ether oxygens (including phenoxy) is 2. The molecule has 28 heavy (non-hydrogen) atoms. The Morgan fingerprint density at radius 2 is 1.64 bits per heavy atom. The number of aliphatic hydroxyl groups is 1.